The second kappa shape index (κ2) is 49.9. The van der Waals surface area contributed by atoms with Crippen molar-refractivity contribution in [3.63, 3.8) is 0 Å². The van der Waals surface area contributed by atoms with Crippen molar-refractivity contribution in [1.29, 1.82) is 0 Å². The van der Waals surface area contributed by atoms with Crippen molar-refractivity contribution in [2.24, 2.45) is 5.34 Å². The Morgan fingerprint density at radius 3 is 1.20 bits per heavy atom. The van der Waals surface area contributed by atoms with Gasteiger partial charge < -0.3 is 81.9 Å². The normalized spacial score (nSPS) is 15.8. The lowest BCUT2D eigenvalue weighted by Gasteiger charge is -2.32. The maximum absolute atomic E-state index is 12.5. The molecule has 11 N–H and O–H groups in total. The number of alkyl halides is 11. The number of fused-ring (bicyclic) bond motifs is 5. The molecule has 40 nitrogen and oxygen atoms in total. The van der Waals surface area contributed by atoms with E-state index in [1.165, 1.54) is 27.8 Å². The number of aromatic nitrogens is 17. The number of halogens is 13. The van der Waals surface area contributed by atoms with Crippen LogP contribution in [0.3, 0.4) is 0 Å². The second-order valence-electron chi connectivity index (χ2n) is 37.5. The number of pyridine rings is 5. The Morgan fingerprint density at radius 2 is 0.870 bits per heavy atom. The number of anilines is 6. The Kier molecular flexibility index (Phi) is 39.6. The molecule has 0 radical (unpaired) electrons. The number of amides is 4. The van der Waals surface area contributed by atoms with Crippen molar-refractivity contribution in [2.45, 2.75) is 220 Å². The molecule has 0 spiro atoms. The first-order valence-corrected chi connectivity index (χ1v) is 46.6. The van der Waals surface area contributed by atoms with E-state index >= 15 is 0 Å². The summed E-state index contributed by atoms with van der Waals surface area (Å²) in [7, 11) is -0.314. The van der Waals surface area contributed by atoms with Gasteiger partial charge in [0.25, 0.3) is 6.43 Å². The third-order valence-electron chi connectivity index (χ3n) is 22.1. The molecule has 6 aliphatic rings. The number of nitrogens with zero attached hydrogens (tertiary/aromatic N) is 22. The van der Waals surface area contributed by atoms with Crippen molar-refractivity contribution in [2.75, 3.05) is 93.7 Å². The summed E-state index contributed by atoms with van der Waals surface area (Å²) in [5.74, 6) is -1.15. The van der Waals surface area contributed by atoms with E-state index in [9.17, 15) is 77.2 Å². The van der Waals surface area contributed by atoms with Gasteiger partial charge in [0.1, 0.15) is 23.3 Å². The van der Waals surface area contributed by atoms with E-state index < -0.39 is 105 Å². The van der Waals surface area contributed by atoms with Gasteiger partial charge in [-0.1, -0.05) is 30.4 Å². The van der Waals surface area contributed by atoms with Gasteiger partial charge in [-0.15, -0.1) is 42.8 Å². The van der Waals surface area contributed by atoms with Crippen LogP contribution in [0.2, 0.25) is 0 Å². The number of nitrogens with two attached hydrogens (primary N) is 4. The first-order valence-electron chi connectivity index (χ1n) is 45.8. The Labute approximate surface area is 846 Å². The highest BCUT2D eigenvalue weighted by atomic mass is 79.9. The number of carboxylic acids is 1. The van der Waals surface area contributed by atoms with Gasteiger partial charge in [0.15, 0.2) is 33.6 Å². The van der Waals surface area contributed by atoms with Crippen LogP contribution in [-0.2, 0) is 44.5 Å². The summed E-state index contributed by atoms with van der Waals surface area (Å²) in [5.41, 5.74) is 33.4. The summed E-state index contributed by atoms with van der Waals surface area (Å²) in [4.78, 5) is 98.7. The maximum atomic E-state index is 12.5. The van der Waals surface area contributed by atoms with Crippen LogP contribution in [0, 0.1) is 4.91 Å². The quantitative estimate of drug-likeness (QED) is 0.0204. The monoisotopic (exact) mass is 2140 g/mol. The second-order valence-corrected chi connectivity index (χ2v) is 38.3. The molecule has 11 aromatic rings. The van der Waals surface area contributed by atoms with Crippen LogP contribution < -0.4 is 33.6 Å². The van der Waals surface area contributed by atoms with E-state index in [4.69, 9.17) is 46.8 Å². The van der Waals surface area contributed by atoms with Crippen LogP contribution in [0.1, 0.15) is 183 Å². The highest BCUT2D eigenvalue weighted by Gasteiger charge is 2.53. The number of carbonyl (C=O) groups is 5. The third-order valence-corrected chi connectivity index (χ3v) is 22.7. The number of hydrogen-bond donors (Lipinski definition) is 7. The van der Waals surface area contributed by atoms with Gasteiger partial charge in [0.2, 0.25) is 41.6 Å². The molecule has 0 saturated carbocycles. The van der Waals surface area contributed by atoms with Gasteiger partial charge in [-0.05, 0) is 233 Å². The molecule has 17 rings (SSSR count). The molecule has 0 bridgehead atoms. The Balaban J connectivity index is 0.000000192. The van der Waals surface area contributed by atoms with E-state index in [0.717, 1.165) is 103 Å². The average Bonchev–Trinajstić information content (AvgIpc) is 1.62. The Bertz CT molecular complexity index is 6480. The summed E-state index contributed by atoms with van der Waals surface area (Å²) < 4.78 is 165. The number of nitrogen functional groups attached to an aromatic ring is 4. The largest absolute Gasteiger partial charge is 0.490 e. The Morgan fingerprint density at radius 1 is 0.507 bits per heavy atom. The molecular formula is C92H118BBrClF11N28O12. The molecule has 1 fully saturated rings. The predicted molar refractivity (Wildman–Crippen MR) is 530 cm³/mol. The highest BCUT2D eigenvalue weighted by Crippen LogP contribution is 2.41. The van der Waals surface area contributed by atoms with Crippen LogP contribution >= 0.6 is 28.3 Å². The standard InChI is InChI=1S/C20H20F5N7O.C16H28BNO4.C16H21N5O2.C15H16F3N5O.C11H13N5.C6H5BrN4.C4H5F3O2.C4H9NO2.ClH/c21-16(22)12-31-11-14(10-26-31)27-19-28-18-15(2-1-7-32(18)29-19)13-4-8-30(9-5-13)17(33)3-6-20(23,24)25;1-14(2,3)20-13(19)18-10-8-12(9-11-18)17-21-15(4,5)16(6,7)22-17;1-16(2,3)23-15(22)20-9-6-11(7-10-20)12-5-4-8-21-13(12)18-14(17)19-21;16-15(17,18)6-3-12(24)22-8-4-10(5-9-22)11-2-1-7-23-13(11)20-14(19)21-23;12-11-14-10-9(2-1-7-16(10)15-11)8-3-5-13-6-4-8;7-4-2-1-3-11-5(4)9-6(8)10-11;5-4(6,7)2-1-3(8)9;1-4(2,3)7-5-6;/h1-2,4,7,10-11,16H,3,5-6,8-9,12H2,(H,27,29);8H,9-11H2,1-7H3;4-6,8H,7,9-10H2,1-3H3,(H2,17,19);1-2,4,7H,3,5-6,8-9H2,(H2,19,21);1-3,7,13H,4-6H2,(H2,12,15);1-3H,(H2,8,10);1-2H2,(H,8,9);1-3H3;1H. The fourth-order valence-electron chi connectivity index (χ4n) is 14.5. The van der Waals surface area contributed by atoms with Crippen molar-refractivity contribution >= 4 is 151 Å². The number of ether oxygens (including phenoxy) is 2. The summed E-state index contributed by atoms with van der Waals surface area (Å²) in [6.45, 7) is 29.6. The predicted octanol–water partition coefficient (Wildman–Crippen LogP) is 16.8. The molecule has 146 heavy (non-hydrogen) atoms. The maximum Gasteiger partial charge on any atom is 0.490 e. The number of hydrogen-bond acceptors (Lipinski definition) is 29. The first kappa shape index (κ1) is 116. The lowest BCUT2D eigenvalue weighted by molar-refractivity contribution is -0.152. The smallest absolute Gasteiger partial charge is 0.481 e. The van der Waals surface area contributed by atoms with Crippen LogP contribution in [0.5, 0.6) is 0 Å². The molecule has 54 heteroatoms. The molecular weight excluding hydrogens is 2020 g/mol. The molecule has 4 amide bonds. The van der Waals surface area contributed by atoms with Crippen molar-refractivity contribution in [3.8, 4) is 0 Å². The third kappa shape index (κ3) is 35.3. The minimum absolute atomic E-state index is 0. The number of carboxylic acid groups (broad SMARTS) is 1. The van der Waals surface area contributed by atoms with Gasteiger partial charge in [-0.3, -0.25) is 19.1 Å². The minimum Gasteiger partial charge on any atom is -0.481 e. The zero-order valence-corrected chi connectivity index (χ0v) is 84.8. The Hall–Kier alpha value is -13.7. The van der Waals surface area contributed by atoms with E-state index in [-0.39, 0.29) is 79.8 Å². The minimum atomic E-state index is -4.36. The summed E-state index contributed by atoms with van der Waals surface area (Å²) in [5, 5.41) is 40.7. The van der Waals surface area contributed by atoms with Gasteiger partial charge in [-0.25, -0.2) is 40.9 Å². The summed E-state index contributed by atoms with van der Waals surface area (Å²) in [6.07, 6.45) is 3.69. The molecule has 11 aromatic heterocycles. The SMILES string of the molecule is CC(C)(C)OC(=O)N1CC=C(B2OC(C)(C)C(C)(C)O2)CC1.CC(C)(C)OC(=O)N1CC=C(c2cccn3nc(N)nc23)CC1.CC(C)(C)ON=O.Cl.Nc1nc2c(Br)cccn2n1.Nc1nc2c(C3=CCN(C(=O)CCC(F)(F)F)CC3)cccn2n1.Nc1nc2c(C3=CCNCC3)cccn2n1.O=C(CCC(F)(F)F)N1CC=C(c2cccn3nc(Nc4cnn(CC(F)F)c4)nc23)CC1.O=C(O)CCC(F)(F)F. The zero-order valence-electron chi connectivity index (χ0n) is 82.4. The number of rotatable bonds is 16. The van der Waals surface area contributed by atoms with Crippen LogP contribution in [0.25, 0.3) is 50.5 Å². The summed E-state index contributed by atoms with van der Waals surface area (Å²) in [6, 6.07) is 19.0. The highest BCUT2D eigenvalue weighted by molar-refractivity contribution is 9.10. The van der Waals surface area contributed by atoms with Gasteiger partial charge in [0.05, 0.1) is 53.2 Å². The van der Waals surface area contributed by atoms with Gasteiger partial charge in [0, 0.05) is 131 Å². The zero-order chi connectivity index (χ0) is 106. The average molecular weight is 2140 g/mol. The van der Waals surface area contributed by atoms with E-state index in [1.807, 2.05) is 148 Å². The lowest BCUT2D eigenvalue weighted by atomic mass is 9.75. The molecule has 0 unspecified atom stereocenters. The molecule has 6 aliphatic heterocycles. The molecule has 1 saturated heterocycles. The topological polar surface area (TPSA) is 491 Å². The first-order chi connectivity index (χ1) is 67.8. The van der Waals surface area contributed by atoms with Crippen LogP contribution in [0.15, 0.2) is 150 Å². The van der Waals surface area contributed by atoms with Crippen molar-refractivity contribution in [1.82, 2.24) is 108 Å². The van der Waals surface area contributed by atoms with E-state index in [1.54, 1.807) is 83.9 Å². The van der Waals surface area contributed by atoms with Crippen LogP contribution in [0.4, 0.5) is 93.3 Å². The van der Waals surface area contributed by atoms with Gasteiger partial charge >= 0.3 is 43.8 Å². The number of carbonyl (C=O) groups excluding carboxylic acids is 4. The van der Waals surface area contributed by atoms with Gasteiger partial charge in [-0.2, -0.15) is 69.5 Å². The number of nitrogens with one attached hydrogen (secondary N) is 2. The molecule has 792 valence electrons. The van der Waals surface area contributed by atoms with E-state index in [2.05, 4.69) is 104 Å². The van der Waals surface area contributed by atoms with Crippen LogP contribution in [-0.4, -0.2) is 263 Å². The molecule has 0 aliphatic carbocycles. The van der Waals surface area contributed by atoms with Crippen molar-refractivity contribution < 1.29 is 101 Å². The molecule has 17 heterocycles. The number of aliphatic carboxylic acids is 1. The van der Waals surface area contributed by atoms with E-state index in [0.29, 0.717) is 75.0 Å². The fourth-order valence-corrected chi connectivity index (χ4v) is 15.0. The lowest BCUT2D eigenvalue weighted by Crippen LogP contribution is -2.41. The summed E-state index contributed by atoms with van der Waals surface area (Å²) >= 11 is 3.33. The fraction of sp³-hybridized carbons (Fsp3) is 0.478. The van der Waals surface area contributed by atoms with Crippen molar-refractivity contribution in [3.05, 3.63) is 172 Å². The molecule has 0 aromatic carbocycles. The molecule has 0 atom stereocenters.